The van der Waals surface area contributed by atoms with Crippen molar-refractivity contribution in [1.82, 2.24) is 10.2 Å². The first-order valence-electron chi connectivity index (χ1n) is 9.49. The molecular weight excluding hydrogens is 340 g/mol. The maximum Gasteiger partial charge on any atom is 0.127 e. The Bertz CT molecular complexity index is 725. The molecular formula is C22H30N2O3. The molecule has 5 heteroatoms. The van der Waals surface area contributed by atoms with E-state index in [1.165, 1.54) is 11.1 Å². The average Bonchev–Trinajstić information content (AvgIpc) is 3.12. The molecule has 2 N–H and O–H groups in total. The van der Waals surface area contributed by atoms with E-state index in [4.69, 9.17) is 9.47 Å². The zero-order chi connectivity index (χ0) is 19.2. The molecule has 0 radical (unpaired) electrons. The lowest BCUT2D eigenvalue weighted by atomic mass is 10.1. The highest BCUT2D eigenvalue weighted by molar-refractivity contribution is 5.41. The molecule has 1 aliphatic carbocycles. The van der Waals surface area contributed by atoms with Gasteiger partial charge < -0.3 is 19.9 Å². The molecule has 1 atom stereocenters. The van der Waals surface area contributed by atoms with Crippen molar-refractivity contribution >= 4 is 0 Å². The average molecular weight is 370 g/mol. The fourth-order valence-electron chi connectivity index (χ4n) is 3.91. The molecule has 0 aliphatic heterocycles. The summed E-state index contributed by atoms with van der Waals surface area (Å²) in [7, 11) is 5.21. The summed E-state index contributed by atoms with van der Waals surface area (Å²) in [5.74, 6) is 1.60. The van der Waals surface area contributed by atoms with Crippen molar-refractivity contribution in [3.05, 3.63) is 59.2 Å². The minimum atomic E-state index is -0.414. The number of nitrogens with one attached hydrogen (secondary N) is 1. The molecule has 0 spiro atoms. The smallest absolute Gasteiger partial charge is 0.127 e. The molecule has 0 fully saturated rings. The van der Waals surface area contributed by atoms with E-state index >= 15 is 0 Å². The maximum absolute atomic E-state index is 10.4. The second-order valence-electron chi connectivity index (χ2n) is 7.15. The first kappa shape index (κ1) is 19.7. The number of hydrogen-bond donors (Lipinski definition) is 2. The van der Waals surface area contributed by atoms with Crippen molar-refractivity contribution in [3.8, 4) is 11.5 Å². The van der Waals surface area contributed by atoms with Gasteiger partial charge >= 0.3 is 0 Å². The highest BCUT2D eigenvalue weighted by Gasteiger charge is 2.28. The molecule has 3 rings (SSSR count). The largest absolute Gasteiger partial charge is 0.497 e. The summed E-state index contributed by atoms with van der Waals surface area (Å²) < 4.78 is 10.9. The Morgan fingerprint density at radius 1 is 1.11 bits per heavy atom. The quantitative estimate of drug-likeness (QED) is 0.709. The molecule has 0 aromatic heterocycles. The minimum Gasteiger partial charge on any atom is -0.497 e. The second kappa shape index (κ2) is 9.22. The van der Waals surface area contributed by atoms with Gasteiger partial charge in [-0.1, -0.05) is 30.3 Å². The number of nitrogens with zero attached hydrogens (tertiary/aromatic N) is 1. The zero-order valence-electron chi connectivity index (χ0n) is 16.4. The van der Waals surface area contributed by atoms with Crippen LogP contribution in [0.15, 0.2) is 42.5 Å². The highest BCUT2D eigenvalue weighted by atomic mass is 16.5. The third kappa shape index (κ3) is 4.80. The van der Waals surface area contributed by atoms with E-state index in [-0.39, 0.29) is 0 Å². The van der Waals surface area contributed by atoms with Crippen LogP contribution in [0.25, 0.3) is 0 Å². The standard InChI is InChI=1S/C22H30N2O3/c1-23-13-20(25)15-24(19-10-16-6-4-5-7-17(16)11-19)14-18-8-9-21(26-2)12-22(18)27-3/h4-9,12,19-20,23,25H,10-11,13-15H2,1-3H3/t20-/m1/s1. The van der Waals surface area contributed by atoms with Crippen molar-refractivity contribution in [3.63, 3.8) is 0 Å². The summed E-state index contributed by atoms with van der Waals surface area (Å²) in [4.78, 5) is 2.38. The van der Waals surface area contributed by atoms with E-state index in [1.807, 2.05) is 19.2 Å². The van der Waals surface area contributed by atoms with E-state index < -0.39 is 6.10 Å². The molecule has 27 heavy (non-hydrogen) atoms. The van der Waals surface area contributed by atoms with Crippen molar-refractivity contribution in [2.24, 2.45) is 0 Å². The van der Waals surface area contributed by atoms with Gasteiger partial charge in [0.2, 0.25) is 0 Å². The molecule has 0 saturated heterocycles. The van der Waals surface area contributed by atoms with E-state index in [0.717, 1.165) is 36.4 Å². The Kier molecular flexibility index (Phi) is 6.72. The van der Waals surface area contributed by atoms with E-state index in [9.17, 15) is 5.11 Å². The first-order chi connectivity index (χ1) is 13.1. The van der Waals surface area contributed by atoms with Gasteiger partial charge in [0.05, 0.1) is 20.3 Å². The summed E-state index contributed by atoms with van der Waals surface area (Å²) in [5, 5.41) is 13.5. The van der Waals surface area contributed by atoms with Gasteiger partial charge in [-0.05, 0) is 37.1 Å². The topological polar surface area (TPSA) is 54.0 Å². The number of fused-ring (bicyclic) bond motifs is 1. The van der Waals surface area contributed by atoms with Crippen LogP contribution in [0.3, 0.4) is 0 Å². The Labute approximate surface area is 161 Å². The second-order valence-corrected chi connectivity index (χ2v) is 7.15. The molecule has 0 saturated carbocycles. The third-order valence-electron chi connectivity index (χ3n) is 5.30. The van der Waals surface area contributed by atoms with Gasteiger partial charge in [-0.3, -0.25) is 4.90 Å². The highest BCUT2D eigenvalue weighted by Crippen LogP contribution is 2.30. The van der Waals surface area contributed by atoms with Crippen LogP contribution in [0.5, 0.6) is 11.5 Å². The molecule has 2 aromatic carbocycles. The SMILES string of the molecule is CNC[C@@H](O)CN(Cc1ccc(OC)cc1OC)C1Cc2ccccc2C1. The van der Waals surface area contributed by atoms with Crippen molar-refractivity contribution < 1.29 is 14.6 Å². The Balaban J connectivity index is 1.81. The maximum atomic E-state index is 10.4. The number of ether oxygens (including phenoxy) is 2. The lowest BCUT2D eigenvalue weighted by Gasteiger charge is -2.31. The third-order valence-corrected chi connectivity index (χ3v) is 5.30. The van der Waals surface area contributed by atoms with Gasteiger partial charge in [0, 0.05) is 37.3 Å². The summed E-state index contributed by atoms with van der Waals surface area (Å²) in [6, 6.07) is 14.9. The van der Waals surface area contributed by atoms with Crippen LogP contribution in [0.1, 0.15) is 16.7 Å². The minimum absolute atomic E-state index is 0.376. The summed E-state index contributed by atoms with van der Waals surface area (Å²) in [6.45, 7) is 1.93. The zero-order valence-corrected chi connectivity index (χ0v) is 16.4. The molecule has 5 nitrogen and oxygen atoms in total. The first-order valence-corrected chi connectivity index (χ1v) is 9.49. The van der Waals surface area contributed by atoms with Gasteiger partial charge in [-0.15, -0.1) is 0 Å². The molecule has 1 aliphatic rings. The Morgan fingerprint density at radius 2 is 1.81 bits per heavy atom. The van der Waals surface area contributed by atoms with Crippen LogP contribution >= 0.6 is 0 Å². The number of likely N-dealkylation sites (N-methyl/N-ethyl adjacent to an activating group) is 1. The number of hydrogen-bond acceptors (Lipinski definition) is 5. The summed E-state index contributed by atoms with van der Waals surface area (Å²) >= 11 is 0. The molecule has 2 aromatic rings. The van der Waals surface area contributed by atoms with Crippen LogP contribution in [-0.2, 0) is 19.4 Å². The number of methoxy groups -OCH3 is 2. The predicted octanol–water partition coefficient (Wildman–Crippen LogP) is 2.25. The van der Waals surface area contributed by atoms with Gasteiger partial charge in [0.1, 0.15) is 11.5 Å². The van der Waals surface area contributed by atoms with Gasteiger partial charge in [0.25, 0.3) is 0 Å². The summed E-state index contributed by atoms with van der Waals surface area (Å²) in [5.41, 5.74) is 3.93. The molecule has 0 heterocycles. The van der Waals surface area contributed by atoms with Crippen LogP contribution in [0.4, 0.5) is 0 Å². The van der Waals surface area contributed by atoms with Gasteiger partial charge in [-0.25, -0.2) is 0 Å². The normalized spacial score (nSPS) is 15.0. The molecule has 0 amide bonds. The lowest BCUT2D eigenvalue weighted by Crippen LogP contribution is -2.43. The number of aliphatic hydroxyl groups is 1. The molecule has 146 valence electrons. The van der Waals surface area contributed by atoms with E-state index in [0.29, 0.717) is 19.1 Å². The van der Waals surface area contributed by atoms with Crippen LogP contribution in [-0.4, -0.2) is 56.5 Å². The Morgan fingerprint density at radius 3 is 2.41 bits per heavy atom. The number of rotatable bonds is 9. The molecule has 0 unspecified atom stereocenters. The van der Waals surface area contributed by atoms with Gasteiger partial charge in [-0.2, -0.15) is 0 Å². The van der Waals surface area contributed by atoms with E-state index in [2.05, 4.69) is 40.5 Å². The van der Waals surface area contributed by atoms with Crippen LogP contribution in [0, 0.1) is 0 Å². The van der Waals surface area contributed by atoms with Crippen molar-refractivity contribution in [2.45, 2.75) is 31.5 Å². The fourth-order valence-corrected chi connectivity index (χ4v) is 3.91. The number of benzene rings is 2. The number of aliphatic hydroxyl groups excluding tert-OH is 1. The monoisotopic (exact) mass is 370 g/mol. The van der Waals surface area contributed by atoms with Crippen LogP contribution in [0.2, 0.25) is 0 Å². The lowest BCUT2D eigenvalue weighted by molar-refractivity contribution is 0.0838. The Hall–Kier alpha value is -2.08. The van der Waals surface area contributed by atoms with Crippen molar-refractivity contribution in [2.75, 3.05) is 34.4 Å². The molecule has 0 bridgehead atoms. The van der Waals surface area contributed by atoms with E-state index in [1.54, 1.807) is 14.2 Å². The summed E-state index contributed by atoms with van der Waals surface area (Å²) in [6.07, 6.45) is 1.62. The van der Waals surface area contributed by atoms with Gasteiger partial charge in [0.15, 0.2) is 0 Å². The van der Waals surface area contributed by atoms with Crippen molar-refractivity contribution in [1.29, 1.82) is 0 Å². The van der Waals surface area contributed by atoms with Crippen LogP contribution < -0.4 is 14.8 Å². The predicted molar refractivity (Wildman–Crippen MR) is 108 cm³/mol. The fraction of sp³-hybridized carbons (Fsp3) is 0.455.